The van der Waals surface area contributed by atoms with Gasteiger partial charge in [-0.2, -0.15) is 0 Å². The molecule has 3 aromatic rings. The summed E-state index contributed by atoms with van der Waals surface area (Å²) in [6.45, 7) is 8.78. The largest absolute Gasteiger partial charge is 0.477 e. The van der Waals surface area contributed by atoms with E-state index in [4.69, 9.17) is 0 Å². The highest BCUT2D eigenvalue weighted by atomic mass is 32.1. The van der Waals surface area contributed by atoms with E-state index >= 15 is 0 Å². The Morgan fingerprint density at radius 3 is 2.19 bits per heavy atom. The molecular weight excluding hydrogens is 406 g/mol. The Labute approximate surface area is 188 Å². The van der Waals surface area contributed by atoms with Gasteiger partial charge >= 0.3 is 5.97 Å². The Bertz CT molecular complexity index is 1050. The fourth-order valence-electron chi connectivity index (χ4n) is 3.43. The van der Waals surface area contributed by atoms with Crippen molar-refractivity contribution in [2.24, 2.45) is 0 Å². The molecule has 1 N–H and O–H groups in total. The summed E-state index contributed by atoms with van der Waals surface area (Å²) in [5, 5.41) is 9.85. The van der Waals surface area contributed by atoms with Crippen LogP contribution in [0.15, 0.2) is 60.7 Å². The van der Waals surface area contributed by atoms with Crippen LogP contribution in [-0.2, 0) is 16.8 Å². The minimum atomic E-state index is -1.01. The van der Waals surface area contributed by atoms with Gasteiger partial charge in [-0.15, -0.1) is 11.3 Å². The zero-order valence-electron chi connectivity index (χ0n) is 18.5. The van der Waals surface area contributed by atoms with Crippen molar-refractivity contribution < 1.29 is 14.7 Å². The van der Waals surface area contributed by atoms with Crippen LogP contribution in [0, 0.1) is 0 Å². The van der Waals surface area contributed by atoms with Crippen LogP contribution in [0.2, 0.25) is 0 Å². The summed E-state index contributed by atoms with van der Waals surface area (Å²) in [5.74, 6) is -1.08. The first-order valence-corrected chi connectivity index (χ1v) is 11.3. The van der Waals surface area contributed by atoms with Crippen LogP contribution in [0.5, 0.6) is 0 Å². The highest BCUT2D eigenvalue weighted by molar-refractivity contribution is 7.18. The first-order valence-electron chi connectivity index (χ1n) is 10.5. The summed E-state index contributed by atoms with van der Waals surface area (Å²) in [7, 11) is 0. The number of anilines is 1. The van der Waals surface area contributed by atoms with Crippen molar-refractivity contribution in [3.8, 4) is 10.4 Å². The second kappa shape index (κ2) is 9.48. The number of carbonyl (C=O) groups excluding carboxylic acids is 1. The summed E-state index contributed by atoms with van der Waals surface area (Å²) in [5.41, 5.74) is 3.65. The van der Waals surface area contributed by atoms with Crippen molar-refractivity contribution in [1.82, 2.24) is 0 Å². The van der Waals surface area contributed by atoms with E-state index in [1.165, 1.54) is 16.9 Å². The molecule has 2 aromatic carbocycles. The number of carboxylic acids is 1. The van der Waals surface area contributed by atoms with Crippen molar-refractivity contribution in [3.63, 3.8) is 0 Å². The van der Waals surface area contributed by atoms with Crippen molar-refractivity contribution in [3.05, 3.63) is 76.7 Å². The Morgan fingerprint density at radius 1 is 1.00 bits per heavy atom. The summed E-state index contributed by atoms with van der Waals surface area (Å²) in [6, 6.07) is 19.7. The predicted molar refractivity (Wildman–Crippen MR) is 128 cm³/mol. The summed E-state index contributed by atoms with van der Waals surface area (Å²) in [4.78, 5) is 27.7. The average molecular weight is 436 g/mol. The molecule has 0 unspecified atom stereocenters. The smallest absolute Gasteiger partial charge is 0.348 e. The number of amides is 1. The third-order valence-electron chi connectivity index (χ3n) is 5.18. The van der Waals surface area contributed by atoms with Gasteiger partial charge in [0.25, 0.3) is 0 Å². The van der Waals surface area contributed by atoms with Gasteiger partial charge in [0, 0.05) is 11.3 Å². The van der Waals surface area contributed by atoms with E-state index in [1.54, 1.807) is 4.90 Å². The monoisotopic (exact) mass is 435 g/mol. The van der Waals surface area contributed by atoms with E-state index in [0.29, 0.717) is 25.1 Å². The van der Waals surface area contributed by atoms with Crippen LogP contribution >= 0.6 is 11.3 Å². The lowest BCUT2D eigenvalue weighted by Gasteiger charge is -2.24. The van der Waals surface area contributed by atoms with Crippen LogP contribution < -0.4 is 4.90 Å². The average Bonchev–Trinajstić information content (AvgIpc) is 3.18. The number of carboxylic acid groups (broad SMARTS) is 1. The Hall–Kier alpha value is -2.92. The fourth-order valence-corrected chi connectivity index (χ4v) is 4.43. The van der Waals surface area contributed by atoms with Gasteiger partial charge < -0.3 is 10.0 Å². The molecule has 31 heavy (non-hydrogen) atoms. The minimum absolute atomic E-state index is 0.0463. The van der Waals surface area contributed by atoms with Gasteiger partial charge in [0.05, 0.1) is 12.2 Å². The molecule has 0 aliphatic carbocycles. The number of benzene rings is 2. The Kier molecular flexibility index (Phi) is 6.96. The molecule has 162 valence electrons. The first kappa shape index (κ1) is 22.8. The molecule has 1 aromatic heterocycles. The molecule has 0 fully saturated rings. The molecule has 1 amide bonds. The maximum Gasteiger partial charge on any atom is 0.348 e. The molecule has 0 radical (unpaired) electrons. The lowest BCUT2D eigenvalue weighted by molar-refractivity contribution is -0.118. The number of nitrogens with zero attached hydrogens (tertiary/aromatic N) is 1. The zero-order valence-corrected chi connectivity index (χ0v) is 19.3. The molecule has 4 nitrogen and oxygen atoms in total. The molecular formula is C26H29NO3S. The Morgan fingerprint density at radius 2 is 1.65 bits per heavy atom. The lowest BCUT2D eigenvalue weighted by atomic mass is 9.87. The van der Waals surface area contributed by atoms with Gasteiger partial charge in [-0.3, -0.25) is 4.79 Å². The highest BCUT2D eigenvalue weighted by Gasteiger charge is 2.25. The predicted octanol–water partition coefficient (Wildman–Crippen LogP) is 6.74. The van der Waals surface area contributed by atoms with E-state index in [0.717, 1.165) is 16.0 Å². The number of carbonyl (C=O) groups is 2. The molecule has 1 heterocycles. The molecule has 0 atom stereocenters. The molecule has 0 saturated heterocycles. The quantitative estimate of drug-likeness (QED) is 0.447. The molecule has 0 spiro atoms. The van der Waals surface area contributed by atoms with Gasteiger partial charge in [0.2, 0.25) is 5.91 Å². The highest BCUT2D eigenvalue weighted by Crippen LogP contribution is 2.38. The normalized spacial score (nSPS) is 11.4. The molecule has 0 aliphatic heterocycles. The van der Waals surface area contributed by atoms with Crippen molar-refractivity contribution in [2.75, 3.05) is 4.90 Å². The van der Waals surface area contributed by atoms with E-state index in [9.17, 15) is 14.7 Å². The molecule has 0 bridgehead atoms. The van der Waals surface area contributed by atoms with E-state index in [2.05, 4.69) is 32.9 Å². The topological polar surface area (TPSA) is 57.6 Å². The van der Waals surface area contributed by atoms with E-state index < -0.39 is 5.97 Å². The molecule has 0 saturated carbocycles. The van der Waals surface area contributed by atoms with Crippen LogP contribution in [0.1, 0.15) is 61.3 Å². The van der Waals surface area contributed by atoms with Crippen LogP contribution in [-0.4, -0.2) is 17.0 Å². The summed E-state index contributed by atoms with van der Waals surface area (Å²) >= 11 is 1.21. The van der Waals surface area contributed by atoms with Crippen LogP contribution in [0.25, 0.3) is 10.4 Å². The number of aromatic carboxylic acids is 1. The zero-order chi connectivity index (χ0) is 22.6. The van der Waals surface area contributed by atoms with Gasteiger partial charge in [-0.25, -0.2) is 4.79 Å². The first-order chi connectivity index (χ1) is 14.7. The Balaban J connectivity index is 2.01. The molecule has 5 heteroatoms. The van der Waals surface area contributed by atoms with Gasteiger partial charge in [-0.05, 0) is 34.6 Å². The second-order valence-corrected chi connectivity index (χ2v) is 9.73. The summed E-state index contributed by atoms with van der Waals surface area (Å²) in [6.07, 6.45) is 1.08. The minimum Gasteiger partial charge on any atom is -0.477 e. The number of thiophene rings is 1. The second-order valence-electron chi connectivity index (χ2n) is 8.67. The third kappa shape index (κ3) is 5.42. The third-order valence-corrected chi connectivity index (χ3v) is 6.34. The van der Waals surface area contributed by atoms with Gasteiger partial charge in [-0.1, -0.05) is 82.3 Å². The van der Waals surface area contributed by atoms with E-state index in [1.807, 2.05) is 55.5 Å². The number of hydrogen-bond acceptors (Lipinski definition) is 3. The van der Waals surface area contributed by atoms with Gasteiger partial charge in [0.1, 0.15) is 4.88 Å². The molecule has 3 rings (SSSR count). The molecule has 0 aliphatic rings. The fraction of sp³-hybridized carbons (Fsp3) is 0.308. The number of rotatable bonds is 7. The maximum absolute atomic E-state index is 13.0. The van der Waals surface area contributed by atoms with Crippen molar-refractivity contribution in [2.45, 2.75) is 52.5 Å². The van der Waals surface area contributed by atoms with Gasteiger partial charge in [0.15, 0.2) is 0 Å². The van der Waals surface area contributed by atoms with Crippen LogP contribution in [0.4, 0.5) is 5.69 Å². The van der Waals surface area contributed by atoms with Crippen molar-refractivity contribution in [1.29, 1.82) is 0 Å². The number of hydrogen-bond donors (Lipinski definition) is 1. The maximum atomic E-state index is 13.0. The SMILES string of the molecule is CCCC(=O)N(Cc1ccc(C(C)(C)C)cc1)c1cc(-c2ccccc2)sc1C(=O)O. The van der Waals surface area contributed by atoms with Crippen LogP contribution in [0.3, 0.4) is 0 Å². The van der Waals surface area contributed by atoms with Crippen molar-refractivity contribution >= 4 is 28.9 Å². The lowest BCUT2D eigenvalue weighted by Crippen LogP contribution is -2.31. The standard InChI is InChI=1S/C26H29NO3S/c1-5-9-23(28)27(17-18-12-14-20(15-13-18)26(2,3)4)21-16-22(31-24(21)25(29)30)19-10-7-6-8-11-19/h6-8,10-16H,5,9,17H2,1-4H3,(H,29,30). The summed E-state index contributed by atoms with van der Waals surface area (Å²) < 4.78 is 0. The van der Waals surface area contributed by atoms with E-state index in [-0.39, 0.29) is 16.2 Å².